The Hall–Kier alpha value is -4.02. The number of anilines is 1. The van der Waals surface area contributed by atoms with Crippen molar-refractivity contribution < 1.29 is 29.0 Å². The van der Waals surface area contributed by atoms with E-state index in [-0.39, 0.29) is 38.1 Å². The van der Waals surface area contributed by atoms with Crippen molar-refractivity contribution >= 4 is 17.7 Å². The first-order valence-corrected chi connectivity index (χ1v) is 12.4. The van der Waals surface area contributed by atoms with Gasteiger partial charge in [0.15, 0.2) is 0 Å². The van der Waals surface area contributed by atoms with Crippen LogP contribution in [-0.2, 0) is 20.9 Å². The number of carbonyl (C=O) groups is 2. The van der Waals surface area contributed by atoms with Gasteiger partial charge in [0.05, 0.1) is 26.9 Å². The first-order chi connectivity index (χ1) is 18.0. The van der Waals surface area contributed by atoms with E-state index in [9.17, 15) is 19.7 Å². The van der Waals surface area contributed by atoms with Crippen molar-refractivity contribution in [3.63, 3.8) is 0 Å². The molecule has 0 N–H and O–H groups in total. The third-order valence-corrected chi connectivity index (χ3v) is 6.51. The number of hydrogen-bond acceptors (Lipinski definition) is 8. The minimum absolute atomic E-state index is 0.00775. The molecule has 1 heterocycles. The predicted molar refractivity (Wildman–Crippen MR) is 135 cm³/mol. The third-order valence-electron chi connectivity index (χ3n) is 6.51. The molecule has 2 amide bonds. The minimum Gasteiger partial charge on any atom is -0.497 e. The maximum Gasteiger partial charge on any atom is 0.409 e. The molecule has 0 unspecified atom stereocenters. The summed E-state index contributed by atoms with van der Waals surface area (Å²) in [5.74, 6) is 0.692. The lowest BCUT2D eigenvalue weighted by Gasteiger charge is -2.43. The van der Waals surface area contributed by atoms with Gasteiger partial charge >= 0.3 is 6.09 Å². The van der Waals surface area contributed by atoms with E-state index in [1.165, 1.54) is 4.90 Å². The molecule has 2 aliphatic rings. The fraction of sp³-hybridized carbons (Fsp3) is 0.462. The van der Waals surface area contributed by atoms with Gasteiger partial charge in [0.1, 0.15) is 11.8 Å². The second-order valence-electron chi connectivity index (χ2n) is 9.06. The van der Waals surface area contributed by atoms with Gasteiger partial charge < -0.3 is 29.0 Å². The molecule has 11 nitrogen and oxygen atoms in total. The smallest absolute Gasteiger partial charge is 0.409 e. The van der Waals surface area contributed by atoms with Crippen molar-refractivity contribution in [3.05, 3.63) is 70.3 Å². The Morgan fingerprint density at radius 2 is 1.78 bits per heavy atom. The Kier molecular flexibility index (Phi) is 8.65. The van der Waals surface area contributed by atoms with Gasteiger partial charge in [-0.1, -0.05) is 30.3 Å². The average Bonchev–Trinajstić information content (AvgIpc) is 3.77. The molecular formula is C26H32N4O7. The van der Waals surface area contributed by atoms with Gasteiger partial charge in [0, 0.05) is 37.8 Å². The van der Waals surface area contributed by atoms with Crippen LogP contribution < -0.4 is 9.64 Å². The van der Waals surface area contributed by atoms with Crippen molar-refractivity contribution in [2.75, 3.05) is 44.9 Å². The Morgan fingerprint density at radius 3 is 2.43 bits per heavy atom. The van der Waals surface area contributed by atoms with E-state index in [0.29, 0.717) is 19.6 Å². The van der Waals surface area contributed by atoms with Gasteiger partial charge in [-0.05, 0) is 42.7 Å². The van der Waals surface area contributed by atoms with Crippen molar-refractivity contribution in [1.82, 2.24) is 9.80 Å². The highest BCUT2D eigenvalue weighted by atomic mass is 16.9. The van der Waals surface area contributed by atoms with E-state index < -0.39 is 17.2 Å². The number of carbonyl (C=O) groups excluding carboxylic acids is 2. The van der Waals surface area contributed by atoms with Crippen LogP contribution in [0.5, 0.6) is 5.75 Å². The fourth-order valence-electron chi connectivity index (χ4n) is 4.44. The Labute approximate surface area is 215 Å². The zero-order valence-electron chi connectivity index (χ0n) is 20.9. The molecule has 1 saturated carbocycles. The molecule has 1 atom stereocenters. The van der Waals surface area contributed by atoms with E-state index in [1.54, 1.807) is 7.11 Å². The van der Waals surface area contributed by atoms with Crippen LogP contribution in [0.15, 0.2) is 54.6 Å². The van der Waals surface area contributed by atoms with Crippen LogP contribution in [0.25, 0.3) is 0 Å². The molecular weight excluding hydrogens is 480 g/mol. The van der Waals surface area contributed by atoms with Crippen molar-refractivity contribution in [1.29, 1.82) is 0 Å². The number of piperazine rings is 1. The zero-order chi connectivity index (χ0) is 26.2. The Morgan fingerprint density at radius 1 is 1.05 bits per heavy atom. The second kappa shape index (κ2) is 12.3. The summed E-state index contributed by atoms with van der Waals surface area (Å²) in [5, 5.41) is 9.39. The van der Waals surface area contributed by atoms with Crippen LogP contribution in [0, 0.1) is 10.1 Å². The van der Waals surface area contributed by atoms with Gasteiger partial charge in [-0.2, -0.15) is 0 Å². The molecule has 4 rings (SSSR count). The summed E-state index contributed by atoms with van der Waals surface area (Å²) in [5.41, 5.74) is 1.93. The molecule has 0 bridgehead atoms. The van der Waals surface area contributed by atoms with Gasteiger partial charge in [-0.25, -0.2) is 4.79 Å². The highest BCUT2D eigenvalue weighted by Crippen LogP contribution is 2.32. The average molecular weight is 513 g/mol. The minimum atomic E-state index is -0.877. The van der Waals surface area contributed by atoms with E-state index in [4.69, 9.17) is 9.47 Å². The van der Waals surface area contributed by atoms with E-state index >= 15 is 0 Å². The molecule has 2 aromatic rings. The molecule has 1 aliphatic carbocycles. The summed E-state index contributed by atoms with van der Waals surface area (Å²) in [4.78, 5) is 46.8. The molecule has 198 valence electrons. The highest BCUT2D eigenvalue weighted by Gasteiger charge is 2.41. The van der Waals surface area contributed by atoms with Crippen LogP contribution in [0.2, 0.25) is 0 Å². The lowest BCUT2D eigenvalue weighted by molar-refractivity contribution is -0.757. The van der Waals surface area contributed by atoms with Crippen LogP contribution >= 0.6 is 0 Å². The van der Waals surface area contributed by atoms with Gasteiger partial charge in [0.25, 0.3) is 5.09 Å². The normalized spacial score (nSPS) is 17.2. The molecule has 2 aromatic carbocycles. The number of amides is 2. The molecule has 0 spiro atoms. The topological polar surface area (TPSA) is 115 Å². The van der Waals surface area contributed by atoms with E-state index in [0.717, 1.165) is 29.8 Å². The molecule has 1 saturated heterocycles. The standard InChI is InChI=1S/C26H32N4O7/c1-35-23-12-10-21(11-13-23)28-15-14-27(26(32)36-16-5-17-37-30(33)34)19-24(28)25(31)29(22-8-9-22)18-20-6-3-2-4-7-20/h2-4,6-7,10-13,22,24H,5,8-9,14-19H2,1H3/t24-/m1/s1. The molecule has 11 heteroatoms. The Bertz CT molecular complexity index is 1060. The fourth-order valence-corrected chi connectivity index (χ4v) is 4.44. The largest absolute Gasteiger partial charge is 0.497 e. The van der Waals surface area contributed by atoms with Gasteiger partial charge in [0.2, 0.25) is 5.91 Å². The van der Waals surface area contributed by atoms with E-state index in [2.05, 4.69) is 4.84 Å². The van der Waals surface area contributed by atoms with Gasteiger partial charge in [-0.3, -0.25) is 4.79 Å². The predicted octanol–water partition coefficient (Wildman–Crippen LogP) is 3.11. The summed E-state index contributed by atoms with van der Waals surface area (Å²) >= 11 is 0. The number of methoxy groups -OCH3 is 1. The van der Waals surface area contributed by atoms with Crippen LogP contribution in [0.1, 0.15) is 24.8 Å². The lowest BCUT2D eigenvalue weighted by atomic mass is 10.1. The molecule has 0 radical (unpaired) electrons. The number of hydrogen-bond donors (Lipinski definition) is 0. The second-order valence-corrected chi connectivity index (χ2v) is 9.06. The number of nitrogens with zero attached hydrogens (tertiary/aromatic N) is 4. The van der Waals surface area contributed by atoms with E-state index in [1.807, 2.05) is 64.4 Å². The number of ether oxygens (including phenoxy) is 2. The van der Waals surface area contributed by atoms with Crippen LogP contribution in [-0.4, -0.2) is 78.9 Å². The first-order valence-electron chi connectivity index (χ1n) is 12.4. The summed E-state index contributed by atoms with van der Waals surface area (Å²) in [6.45, 7) is 1.36. The monoisotopic (exact) mass is 512 g/mol. The Balaban J connectivity index is 1.49. The summed E-state index contributed by atoms with van der Waals surface area (Å²) in [7, 11) is 1.60. The zero-order valence-corrected chi connectivity index (χ0v) is 20.9. The maximum absolute atomic E-state index is 14.0. The van der Waals surface area contributed by atoms with Crippen LogP contribution in [0.4, 0.5) is 10.5 Å². The molecule has 1 aliphatic heterocycles. The molecule has 37 heavy (non-hydrogen) atoms. The molecule has 2 fully saturated rings. The summed E-state index contributed by atoms with van der Waals surface area (Å²) in [6.07, 6.45) is 1.58. The third kappa shape index (κ3) is 7.02. The van der Waals surface area contributed by atoms with Gasteiger partial charge in [-0.15, -0.1) is 10.1 Å². The first kappa shape index (κ1) is 26.1. The summed E-state index contributed by atoms with van der Waals surface area (Å²) in [6, 6.07) is 17.0. The summed E-state index contributed by atoms with van der Waals surface area (Å²) < 4.78 is 10.6. The lowest BCUT2D eigenvalue weighted by Crippen LogP contribution is -2.61. The van der Waals surface area contributed by atoms with Crippen LogP contribution in [0.3, 0.4) is 0 Å². The quantitative estimate of drug-likeness (QED) is 0.256. The number of benzene rings is 2. The highest BCUT2D eigenvalue weighted by molar-refractivity contribution is 5.87. The SMILES string of the molecule is COc1ccc(N2CCN(C(=O)OCCCO[N+](=O)[O-])C[C@@H]2C(=O)N(Cc2ccccc2)C2CC2)cc1. The van der Waals surface area contributed by atoms with Crippen molar-refractivity contribution in [2.24, 2.45) is 0 Å². The van der Waals surface area contributed by atoms with Crippen molar-refractivity contribution in [3.8, 4) is 5.75 Å². The van der Waals surface area contributed by atoms with Crippen molar-refractivity contribution in [2.45, 2.75) is 37.9 Å². The molecule has 0 aromatic heterocycles. The maximum atomic E-state index is 14.0. The number of rotatable bonds is 11.